The van der Waals surface area contributed by atoms with Crippen LogP contribution in [0, 0.1) is 0 Å². The molecule has 33 heavy (non-hydrogen) atoms. The summed E-state index contributed by atoms with van der Waals surface area (Å²) in [6.45, 7) is 3.58. The van der Waals surface area contributed by atoms with Gasteiger partial charge in [-0.25, -0.2) is 17.9 Å². The molecule has 9 nitrogen and oxygen atoms in total. The van der Waals surface area contributed by atoms with Crippen molar-refractivity contribution >= 4 is 45.1 Å². The zero-order valence-electron chi connectivity index (χ0n) is 17.7. The fraction of sp³-hybridized carbons (Fsp3) is 0.333. The van der Waals surface area contributed by atoms with Crippen molar-refractivity contribution in [3.63, 3.8) is 0 Å². The Morgan fingerprint density at radius 1 is 1.18 bits per heavy atom. The molecule has 0 bridgehead atoms. The molecule has 0 saturated carbocycles. The van der Waals surface area contributed by atoms with E-state index in [-0.39, 0.29) is 32.0 Å². The number of phenols is 1. The number of rotatable bonds is 7. The maximum Gasteiger partial charge on any atom is 0.326 e. The van der Waals surface area contributed by atoms with Gasteiger partial charge in [0.1, 0.15) is 22.4 Å². The minimum Gasteiger partial charge on any atom is -0.507 e. The predicted octanol–water partition coefficient (Wildman–Crippen LogP) is 3.87. The van der Waals surface area contributed by atoms with Gasteiger partial charge in [0.15, 0.2) is 5.75 Å². The first kappa shape index (κ1) is 25.1. The summed E-state index contributed by atoms with van der Waals surface area (Å²) < 4.78 is 33.0. The first-order valence-electron chi connectivity index (χ1n) is 9.96. The van der Waals surface area contributed by atoms with E-state index in [0.717, 1.165) is 12.1 Å². The van der Waals surface area contributed by atoms with E-state index in [0.29, 0.717) is 19.4 Å². The number of hydrogen-bond donors (Lipinski definition) is 3. The van der Waals surface area contributed by atoms with Crippen molar-refractivity contribution in [1.29, 1.82) is 0 Å². The number of amides is 1. The highest BCUT2D eigenvalue weighted by Gasteiger charge is 2.35. The molecular formula is C21H22Cl2N2O7S. The van der Waals surface area contributed by atoms with E-state index in [1.165, 1.54) is 23.1 Å². The Morgan fingerprint density at radius 2 is 1.82 bits per heavy atom. The molecule has 1 aliphatic rings. The van der Waals surface area contributed by atoms with Crippen molar-refractivity contribution in [3.05, 3.63) is 45.9 Å². The highest BCUT2D eigenvalue weighted by Crippen LogP contribution is 2.39. The van der Waals surface area contributed by atoms with Crippen LogP contribution in [-0.2, 0) is 14.8 Å². The molecule has 1 aliphatic heterocycles. The van der Waals surface area contributed by atoms with Gasteiger partial charge < -0.3 is 19.8 Å². The molecule has 1 saturated heterocycles. The number of ether oxygens (including phenoxy) is 1. The highest BCUT2D eigenvalue weighted by atomic mass is 35.5. The van der Waals surface area contributed by atoms with E-state index >= 15 is 0 Å². The van der Waals surface area contributed by atoms with Crippen LogP contribution in [-0.4, -0.2) is 54.0 Å². The molecule has 0 aliphatic carbocycles. The van der Waals surface area contributed by atoms with Crippen LogP contribution in [0.2, 0.25) is 10.0 Å². The first-order chi connectivity index (χ1) is 15.4. The lowest BCUT2D eigenvalue weighted by molar-refractivity contribution is -0.141. The fourth-order valence-corrected chi connectivity index (χ4v) is 5.40. The molecule has 1 heterocycles. The third-order valence-electron chi connectivity index (χ3n) is 4.88. The Kier molecular flexibility index (Phi) is 7.42. The minimum atomic E-state index is -4.01. The Balaban J connectivity index is 1.90. The Bertz CT molecular complexity index is 1180. The standard InChI is InChI=1S/C21H22Cl2N2O7S/c1-11(2)24-33(30,31)18-10-13(5-6-17(18)26)32-19-14(22)8-12(9-15(19)23)20(27)25-7-3-4-16(25)21(28)29/h5-6,8-11,16,24,26H,3-4,7H2,1-2H3,(H,28,29)/t16-/m0/s1. The molecule has 0 radical (unpaired) electrons. The van der Waals surface area contributed by atoms with E-state index in [1.807, 2.05) is 0 Å². The van der Waals surface area contributed by atoms with Crippen LogP contribution >= 0.6 is 23.2 Å². The monoisotopic (exact) mass is 516 g/mol. The van der Waals surface area contributed by atoms with E-state index in [2.05, 4.69) is 4.72 Å². The summed E-state index contributed by atoms with van der Waals surface area (Å²) in [6, 6.07) is 4.90. The van der Waals surface area contributed by atoms with Crippen LogP contribution in [0.15, 0.2) is 35.2 Å². The van der Waals surface area contributed by atoms with Gasteiger partial charge in [-0.3, -0.25) is 4.79 Å². The topological polar surface area (TPSA) is 133 Å². The van der Waals surface area contributed by atoms with Gasteiger partial charge in [-0.05, 0) is 51.0 Å². The average molecular weight is 517 g/mol. The van der Waals surface area contributed by atoms with E-state index in [4.69, 9.17) is 27.9 Å². The largest absolute Gasteiger partial charge is 0.507 e. The number of benzene rings is 2. The number of nitrogens with one attached hydrogen (secondary N) is 1. The number of carboxylic acids is 1. The van der Waals surface area contributed by atoms with E-state index in [9.17, 15) is 28.2 Å². The van der Waals surface area contributed by atoms with Crippen molar-refractivity contribution in [2.45, 2.75) is 43.7 Å². The maximum absolute atomic E-state index is 12.8. The van der Waals surface area contributed by atoms with Gasteiger partial charge in [0.05, 0.1) is 10.0 Å². The number of carbonyl (C=O) groups excluding carboxylic acids is 1. The summed E-state index contributed by atoms with van der Waals surface area (Å²) in [7, 11) is -4.01. The lowest BCUT2D eigenvalue weighted by atomic mass is 10.1. The van der Waals surface area contributed by atoms with Gasteiger partial charge in [0.2, 0.25) is 10.0 Å². The SMILES string of the molecule is CC(C)NS(=O)(=O)c1cc(Oc2c(Cl)cc(C(=O)N3CCC[C@H]3C(=O)O)cc2Cl)ccc1O. The van der Waals surface area contributed by atoms with Crippen molar-refractivity contribution in [3.8, 4) is 17.2 Å². The molecule has 1 fully saturated rings. The number of carbonyl (C=O) groups is 2. The van der Waals surface area contributed by atoms with Crippen molar-refractivity contribution in [1.82, 2.24) is 9.62 Å². The Morgan fingerprint density at radius 3 is 2.39 bits per heavy atom. The first-order valence-corrected chi connectivity index (χ1v) is 12.2. The fourth-order valence-electron chi connectivity index (χ4n) is 3.48. The average Bonchev–Trinajstić information content (AvgIpc) is 3.20. The van der Waals surface area contributed by atoms with Crippen LogP contribution in [0.3, 0.4) is 0 Å². The Labute approximate surface area is 200 Å². The summed E-state index contributed by atoms with van der Waals surface area (Å²) in [4.78, 5) is 25.1. The third kappa shape index (κ3) is 5.52. The van der Waals surface area contributed by atoms with Crippen molar-refractivity contribution < 1.29 is 33.0 Å². The van der Waals surface area contributed by atoms with Gasteiger partial charge >= 0.3 is 5.97 Å². The number of carboxylic acid groups (broad SMARTS) is 1. The van der Waals surface area contributed by atoms with E-state index < -0.39 is 39.7 Å². The number of sulfonamides is 1. The molecule has 12 heteroatoms. The summed E-state index contributed by atoms with van der Waals surface area (Å²) in [5, 5.41) is 19.3. The predicted molar refractivity (Wildman–Crippen MR) is 122 cm³/mol. The highest BCUT2D eigenvalue weighted by molar-refractivity contribution is 7.89. The van der Waals surface area contributed by atoms with E-state index in [1.54, 1.807) is 13.8 Å². The van der Waals surface area contributed by atoms with Crippen LogP contribution in [0.1, 0.15) is 37.0 Å². The molecule has 0 spiro atoms. The van der Waals surface area contributed by atoms with Crippen LogP contribution in [0.5, 0.6) is 17.2 Å². The smallest absolute Gasteiger partial charge is 0.326 e. The number of likely N-dealkylation sites (tertiary alicyclic amines) is 1. The number of halogens is 2. The molecule has 0 unspecified atom stereocenters. The molecule has 1 amide bonds. The zero-order chi connectivity index (χ0) is 24.5. The van der Waals surface area contributed by atoms with Gasteiger partial charge in [0.25, 0.3) is 5.91 Å². The molecular weight excluding hydrogens is 495 g/mol. The maximum atomic E-state index is 12.8. The third-order valence-corrected chi connectivity index (χ3v) is 7.12. The number of phenolic OH excluding ortho intramolecular Hbond substituents is 1. The van der Waals surface area contributed by atoms with Crippen molar-refractivity contribution in [2.75, 3.05) is 6.54 Å². The second-order valence-corrected chi connectivity index (χ2v) is 10.3. The van der Waals surface area contributed by atoms with Crippen LogP contribution < -0.4 is 9.46 Å². The minimum absolute atomic E-state index is 0.0306. The molecule has 3 rings (SSSR count). The normalized spacial score (nSPS) is 16.3. The summed E-state index contributed by atoms with van der Waals surface area (Å²) in [5.74, 6) is -2.06. The molecule has 178 valence electrons. The molecule has 2 aromatic rings. The molecule has 3 N–H and O–H groups in total. The summed E-state index contributed by atoms with van der Waals surface area (Å²) in [5.41, 5.74) is 0.0978. The van der Waals surface area contributed by atoms with Gasteiger partial charge in [-0.15, -0.1) is 0 Å². The second-order valence-electron chi connectivity index (χ2n) is 7.77. The zero-order valence-corrected chi connectivity index (χ0v) is 20.0. The second kappa shape index (κ2) is 9.76. The molecule has 0 aromatic heterocycles. The lowest BCUT2D eigenvalue weighted by Gasteiger charge is -2.22. The quantitative estimate of drug-likeness (QED) is 0.508. The number of aromatic hydroxyl groups is 1. The lowest BCUT2D eigenvalue weighted by Crippen LogP contribution is -2.40. The van der Waals surface area contributed by atoms with Gasteiger partial charge in [-0.2, -0.15) is 0 Å². The summed E-state index contributed by atoms with van der Waals surface area (Å²) >= 11 is 12.6. The van der Waals surface area contributed by atoms with Crippen LogP contribution in [0.4, 0.5) is 0 Å². The molecule has 2 aromatic carbocycles. The summed E-state index contributed by atoms with van der Waals surface area (Å²) in [6.07, 6.45) is 0.935. The van der Waals surface area contributed by atoms with Crippen molar-refractivity contribution in [2.24, 2.45) is 0 Å². The Hall–Kier alpha value is -2.53. The van der Waals surface area contributed by atoms with Gasteiger partial charge in [0, 0.05) is 24.2 Å². The van der Waals surface area contributed by atoms with Gasteiger partial charge in [-0.1, -0.05) is 23.2 Å². The van der Waals surface area contributed by atoms with Crippen LogP contribution in [0.25, 0.3) is 0 Å². The number of hydrogen-bond acceptors (Lipinski definition) is 6. The number of aliphatic carboxylic acids is 1. The number of nitrogens with zero attached hydrogens (tertiary/aromatic N) is 1. The molecule has 1 atom stereocenters.